The highest BCUT2D eigenvalue weighted by molar-refractivity contribution is 7.12. The number of carbonyl (C=O) groups excluding carboxylic acids is 1. The van der Waals surface area contributed by atoms with Crippen molar-refractivity contribution in [2.24, 2.45) is 0 Å². The van der Waals surface area contributed by atoms with Gasteiger partial charge in [-0.05, 0) is 23.6 Å². The molecule has 0 fully saturated rings. The van der Waals surface area contributed by atoms with Crippen LogP contribution in [0.4, 0.5) is 0 Å². The summed E-state index contributed by atoms with van der Waals surface area (Å²) in [5.41, 5.74) is 2.34. The Morgan fingerprint density at radius 3 is 2.70 bits per heavy atom. The van der Waals surface area contributed by atoms with Crippen LogP contribution in [0.25, 0.3) is 5.69 Å². The second-order valence-electron chi connectivity index (χ2n) is 5.50. The summed E-state index contributed by atoms with van der Waals surface area (Å²) in [4.78, 5) is 27.6. The molecule has 116 valence electrons. The van der Waals surface area contributed by atoms with E-state index in [1.807, 2.05) is 47.8 Å². The maximum Gasteiger partial charge on any atom is 0.276 e. The van der Waals surface area contributed by atoms with Gasteiger partial charge in [0.25, 0.3) is 11.5 Å². The molecule has 1 aliphatic heterocycles. The van der Waals surface area contributed by atoms with E-state index in [-0.39, 0.29) is 11.5 Å². The van der Waals surface area contributed by atoms with E-state index in [1.54, 1.807) is 9.58 Å². The number of benzene rings is 1. The number of nitrogens with zero attached hydrogens (tertiary/aromatic N) is 2. The van der Waals surface area contributed by atoms with Gasteiger partial charge in [-0.2, -0.15) is 0 Å². The van der Waals surface area contributed by atoms with Crippen molar-refractivity contribution in [2.75, 3.05) is 6.54 Å². The summed E-state index contributed by atoms with van der Waals surface area (Å²) < 4.78 is 1.56. The minimum atomic E-state index is -0.0742. The zero-order valence-electron chi connectivity index (χ0n) is 12.4. The highest BCUT2D eigenvalue weighted by Crippen LogP contribution is 2.20. The van der Waals surface area contributed by atoms with Gasteiger partial charge in [-0.3, -0.25) is 14.7 Å². The van der Waals surface area contributed by atoms with Gasteiger partial charge in [0, 0.05) is 18.7 Å². The molecule has 1 amide bonds. The van der Waals surface area contributed by atoms with Gasteiger partial charge in [0.2, 0.25) is 0 Å². The highest BCUT2D eigenvalue weighted by atomic mass is 32.1. The van der Waals surface area contributed by atoms with E-state index in [9.17, 15) is 9.59 Å². The van der Waals surface area contributed by atoms with Gasteiger partial charge < -0.3 is 4.90 Å². The average Bonchev–Trinajstić information content (AvgIpc) is 3.23. The Kier molecular flexibility index (Phi) is 3.38. The lowest BCUT2D eigenvalue weighted by Crippen LogP contribution is -2.37. The molecule has 1 aliphatic rings. The van der Waals surface area contributed by atoms with Crippen LogP contribution in [0.5, 0.6) is 0 Å². The molecule has 3 aromatic rings. The van der Waals surface area contributed by atoms with E-state index in [0.29, 0.717) is 30.0 Å². The summed E-state index contributed by atoms with van der Waals surface area (Å²) >= 11 is 1.43. The van der Waals surface area contributed by atoms with E-state index in [1.165, 1.54) is 11.3 Å². The number of para-hydroxylation sites is 1. The lowest BCUT2D eigenvalue weighted by Gasteiger charge is -2.25. The van der Waals surface area contributed by atoms with Gasteiger partial charge in [-0.15, -0.1) is 11.3 Å². The first kappa shape index (κ1) is 14.0. The van der Waals surface area contributed by atoms with Crippen LogP contribution in [-0.4, -0.2) is 27.1 Å². The lowest BCUT2D eigenvalue weighted by atomic mass is 10.1. The van der Waals surface area contributed by atoms with Crippen molar-refractivity contribution in [3.05, 3.63) is 74.3 Å². The SMILES string of the molecule is O=C(c1cccs1)N1CCc2[nH]n(-c3ccccc3)c(=O)c2C1. The largest absolute Gasteiger partial charge is 0.333 e. The summed E-state index contributed by atoms with van der Waals surface area (Å²) in [6, 6.07) is 13.2. The minimum absolute atomic E-state index is 0.00230. The van der Waals surface area contributed by atoms with Gasteiger partial charge in [0.05, 0.1) is 22.7 Å². The molecule has 4 rings (SSSR count). The topological polar surface area (TPSA) is 58.1 Å². The zero-order chi connectivity index (χ0) is 15.8. The Morgan fingerprint density at radius 1 is 1.13 bits per heavy atom. The Bertz CT molecular complexity index is 894. The summed E-state index contributed by atoms with van der Waals surface area (Å²) in [5, 5.41) is 5.07. The van der Waals surface area contributed by atoms with E-state index >= 15 is 0 Å². The molecule has 0 radical (unpaired) electrons. The second kappa shape index (κ2) is 5.55. The number of H-pyrrole nitrogens is 1. The number of rotatable bonds is 2. The molecule has 23 heavy (non-hydrogen) atoms. The fourth-order valence-corrected chi connectivity index (χ4v) is 3.58. The lowest BCUT2D eigenvalue weighted by molar-refractivity contribution is 0.0739. The van der Waals surface area contributed by atoms with Crippen molar-refractivity contribution in [3.63, 3.8) is 0 Å². The Morgan fingerprint density at radius 2 is 1.96 bits per heavy atom. The molecule has 0 bridgehead atoms. The molecule has 0 saturated carbocycles. The molecule has 0 atom stereocenters. The molecule has 2 aromatic heterocycles. The molecule has 1 aromatic carbocycles. The Balaban J connectivity index is 1.67. The Labute approximate surface area is 136 Å². The number of aromatic nitrogens is 2. The van der Waals surface area contributed by atoms with Crippen molar-refractivity contribution >= 4 is 17.2 Å². The van der Waals surface area contributed by atoms with Crippen molar-refractivity contribution in [1.82, 2.24) is 14.7 Å². The number of hydrogen-bond donors (Lipinski definition) is 1. The third-order valence-electron chi connectivity index (χ3n) is 4.09. The zero-order valence-corrected chi connectivity index (χ0v) is 13.2. The standard InChI is InChI=1S/C17H15N3O2S/c21-16-13-11-19(17(22)15-7-4-10-23-15)9-8-14(13)18-20(16)12-5-2-1-3-6-12/h1-7,10,18H,8-9,11H2. The van der Waals surface area contributed by atoms with Crippen molar-refractivity contribution in [2.45, 2.75) is 13.0 Å². The van der Waals surface area contributed by atoms with Crippen molar-refractivity contribution < 1.29 is 4.79 Å². The van der Waals surface area contributed by atoms with Crippen molar-refractivity contribution in [3.8, 4) is 5.69 Å². The van der Waals surface area contributed by atoms with E-state index in [4.69, 9.17) is 0 Å². The van der Waals surface area contributed by atoms with Gasteiger partial charge in [-0.25, -0.2) is 4.68 Å². The van der Waals surface area contributed by atoms with Crippen LogP contribution in [0.15, 0.2) is 52.6 Å². The summed E-state index contributed by atoms with van der Waals surface area (Å²) in [6.07, 6.45) is 0.668. The molecule has 0 spiro atoms. The smallest absolute Gasteiger partial charge is 0.276 e. The molecule has 1 N–H and O–H groups in total. The molecule has 0 aliphatic carbocycles. The number of thiophene rings is 1. The molecule has 0 unspecified atom stereocenters. The van der Waals surface area contributed by atoms with Crippen LogP contribution in [0.3, 0.4) is 0 Å². The van der Waals surface area contributed by atoms with Crippen LogP contribution >= 0.6 is 11.3 Å². The first-order valence-electron chi connectivity index (χ1n) is 7.45. The molecule has 6 heteroatoms. The molecular formula is C17H15N3O2S. The van der Waals surface area contributed by atoms with E-state index < -0.39 is 0 Å². The number of nitrogens with one attached hydrogen (secondary N) is 1. The van der Waals surface area contributed by atoms with Crippen LogP contribution in [-0.2, 0) is 13.0 Å². The summed E-state index contributed by atoms with van der Waals surface area (Å²) in [5.74, 6) is -0.00230. The van der Waals surface area contributed by atoms with Crippen molar-refractivity contribution in [1.29, 1.82) is 0 Å². The second-order valence-corrected chi connectivity index (χ2v) is 6.45. The number of carbonyl (C=O) groups is 1. The van der Waals surface area contributed by atoms with Gasteiger partial charge in [-0.1, -0.05) is 24.3 Å². The van der Waals surface area contributed by atoms with Gasteiger partial charge in [0.15, 0.2) is 0 Å². The van der Waals surface area contributed by atoms with E-state index in [0.717, 1.165) is 11.4 Å². The Hall–Kier alpha value is -2.60. The van der Waals surface area contributed by atoms with Crippen LogP contribution < -0.4 is 5.56 Å². The number of amides is 1. The number of fused-ring (bicyclic) bond motifs is 1. The first-order chi connectivity index (χ1) is 11.2. The van der Waals surface area contributed by atoms with E-state index in [2.05, 4.69) is 5.10 Å². The number of hydrogen-bond acceptors (Lipinski definition) is 3. The van der Waals surface area contributed by atoms with Crippen LogP contribution in [0, 0.1) is 0 Å². The monoisotopic (exact) mass is 325 g/mol. The average molecular weight is 325 g/mol. The molecule has 0 saturated heterocycles. The van der Waals surface area contributed by atoms with Crippen LogP contribution in [0.1, 0.15) is 20.9 Å². The molecule has 5 nitrogen and oxygen atoms in total. The maximum atomic E-state index is 12.7. The van der Waals surface area contributed by atoms with Crippen LogP contribution in [0.2, 0.25) is 0 Å². The van der Waals surface area contributed by atoms with Gasteiger partial charge >= 0.3 is 0 Å². The third kappa shape index (κ3) is 2.41. The fourth-order valence-electron chi connectivity index (χ4n) is 2.89. The number of aromatic amines is 1. The maximum absolute atomic E-state index is 12.7. The minimum Gasteiger partial charge on any atom is -0.333 e. The first-order valence-corrected chi connectivity index (χ1v) is 8.33. The summed E-state index contributed by atoms with van der Waals surface area (Å²) in [6.45, 7) is 0.986. The van der Waals surface area contributed by atoms with Gasteiger partial charge in [0.1, 0.15) is 0 Å². The fraction of sp³-hybridized carbons (Fsp3) is 0.176. The third-order valence-corrected chi connectivity index (χ3v) is 4.94. The summed E-state index contributed by atoms with van der Waals surface area (Å²) in [7, 11) is 0. The highest BCUT2D eigenvalue weighted by Gasteiger charge is 2.26. The quantitative estimate of drug-likeness (QED) is 0.787. The normalized spacial score (nSPS) is 13.8. The molecule has 3 heterocycles. The molecular weight excluding hydrogens is 310 g/mol. The predicted octanol–water partition coefficient (Wildman–Crippen LogP) is 2.43. The predicted molar refractivity (Wildman–Crippen MR) is 89.2 cm³/mol.